The number of quaternary nitrogens is 2. The van der Waals surface area contributed by atoms with Crippen molar-refractivity contribution in [1.29, 1.82) is 0 Å². The van der Waals surface area contributed by atoms with E-state index in [0.29, 0.717) is 29.8 Å². The molecule has 0 radical (unpaired) electrons. The van der Waals surface area contributed by atoms with Gasteiger partial charge in [0.25, 0.3) is 5.56 Å². The van der Waals surface area contributed by atoms with E-state index in [9.17, 15) is 9.59 Å². The van der Waals surface area contributed by atoms with E-state index in [2.05, 4.69) is 40.3 Å². The van der Waals surface area contributed by atoms with Crippen molar-refractivity contribution >= 4 is 22.4 Å². The summed E-state index contributed by atoms with van der Waals surface area (Å²) in [6, 6.07) is 14.0. The molecule has 188 valence electrons. The minimum Gasteiger partial charge on any atom is -1.00 e. The summed E-state index contributed by atoms with van der Waals surface area (Å²) in [6.07, 6.45) is 1.60. The molecular formula is C25H32Br2N6O2. The summed E-state index contributed by atoms with van der Waals surface area (Å²) < 4.78 is 3.65. The SMILES string of the molecule is CCc1nc(C)c2c(=O)n(CCC[NH+]3CC[NH+](c4ccccc4)CC3)c3ccc(=O)[nH]c3n12.[Br-].[Br-]. The molecule has 35 heavy (non-hydrogen) atoms. The first-order chi connectivity index (χ1) is 16.1. The van der Waals surface area contributed by atoms with Crippen molar-refractivity contribution < 1.29 is 43.8 Å². The number of para-hydroxylation sites is 1. The van der Waals surface area contributed by atoms with Crippen molar-refractivity contribution in [1.82, 2.24) is 18.9 Å². The standard InChI is InChI=1S/C25H30N6O2.2BrH/c1-3-21-26-18(2)23-25(33)30(20-10-11-22(32)27-24(20)31(21)23)13-7-12-28-14-16-29(17-15-28)19-8-5-4-6-9-19;;/h4-6,8-11H,3,7,12-17H2,1-2H3,(H,27,32);2*1H. The van der Waals surface area contributed by atoms with Gasteiger partial charge in [0.15, 0.2) is 0 Å². The van der Waals surface area contributed by atoms with Crippen LogP contribution in [-0.4, -0.2) is 51.7 Å². The lowest BCUT2D eigenvalue weighted by atomic mass is 10.2. The normalized spacial score (nSPS) is 17.8. The van der Waals surface area contributed by atoms with Crippen LogP contribution in [0.5, 0.6) is 0 Å². The molecule has 3 N–H and O–H groups in total. The number of rotatable bonds is 6. The Balaban J connectivity index is 0.00000171. The summed E-state index contributed by atoms with van der Waals surface area (Å²) in [5.74, 6) is 0.793. The summed E-state index contributed by atoms with van der Waals surface area (Å²) in [6.45, 7) is 10.1. The molecule has 0 bridgehead atoms. The zero-order valence-electron chi connectivity index (χ0n) is 20.1. The van der Waals surface area contributed by atoms with Crippen LogP contribution in [0.3, 0.4) is 0 Å². The lowest BCUT2D eigenvalue weighted by molar-refractivity contribution is -0.986. The van der Waals surface area contributed by atoms with Gasteiger partial charge >= 0.3 is 0 Å². The maximum atomic E-state index is 13.5. The highest BCUT2D eigenvalue weighted by atomic mass is 79.9. The maximum absolute atomic E-state index is 13.5. The lowest BCUT2D eigenvalue weighted by Gasteiger charge is -2.29. The van der Waals surface area contributed by atoms with Crippen LogP contribution in [0.25, 0.3) is 16.7 Å². The fraction of sp³-hybridized carbons (Fsp3) is 0.400. The summed E-state index contributed by atoms with van der Waals surface area (Å²) in [4.78, 5) is 36.2. The molecule has 5 rings (SSSR count). The van der Waals surface area contributed by atoms with Gasteiger partial charge in [0, 0.05) is 25.5 Å². The van der Waals surface area contributed by atoms with Gasteiger partial charge in [0.05, 0.1) is 17.8 Å². The van der Waals surface area contributed by atoms with Gasteiger partial charge in [-0.05, 0) is 25.1 Å². The highest BCUT2D eigenvalue weighted by Crippen LogP contribution is 2.17. The Morgan fingerprint density at radius 1 is 1.00 bits per heavy atom. The molecule has 0 saturated carbocycles. The van der Waals surface area contributed by atoms with Gasteiger partial charge in [0.1, 0.15) is 48.9 Å². The molecule has 3 aromatic heterocycles. The molecule has 0 atom stereocenters. The summed E-state index contributed by atoms with van der Waals surface area (Å²) >= 11 is 0. The van der Waals surface area contributed by atoms with Gasteiger partial charge in [-0.2, -0.15) is 0 Å². The summed E-state index contributed by atoms with van der Waals surface area (Å²) in [7, 11) is 0. The Labute approximate surface area is 225 Å². The minimum atomic E-state index is -0.175. The Morgan fingerprint density at radius 3 is 2.40 bits per heavy atom. The predicted octanol–water partition coefficient (Wildman–Crippen LogP) is -6.28. The van der Waals surface area contributed by atoms with Crippen molar-refractivity contribution in [3.05, 3.63) is 74.7 Å². The number of aryl methyl sites for hydroxylation is 3. The number of piperazine rings is 1. The molecule has 10 heteroatoms. The van der Waals surface area contributed by atoms with E-state index < -0.39 is 0 Å². The zero-order valence-corrected chi connectivity index (χ0v) is 23.3. The molecule has 1 fully saturated rings. The van der Waals surface area contributed by atoms with Gasteiger partial charge in [-0.3, -0.25) is 18.9 Å². The number of nitrogens with one attached hydrogen (secondary N) is 3. The van der Waals surface area contributed by atoms with Gasteiger partial charge in [-0.25, -0.2) is 4.98 Å². The molecule has 0 aliphatic carbocycles. The number of halogens is 2. The molecule has 4 aromatic rings. The third kappa shape index (κ3) is 5.30. The first-order valence-corrected chi connectivity index (χ1v) is 11.9. The number of aromatic nitrogens is 4. The van der Waals surface area contributed by atoms with Crippen LogP contribution in [0, 0.1) is 6.92 Å². The number of nitrogens with zero attached hydrogens (tertiary/aromatic N) is 3. The molecule has 1 aliphatic rings. The quantitative estimate of drug-likeness (QED) is 0.204. The zero-order chi connectivity index (χ0) is 22.9. The van der Waals surface area contributed by atoms with Crippen LogP contribution >= 0.6 is 0 Å². The largest absolute Gasteiger partial charge is 1.00 e. The number of benzene rings is 1. The predicted molar refractivity (Wildman–Crippen MR) is 129 cm³/mol. The lowest BCUT2D eigenvalue weighted by Crippen LogP contribution is -3.26. The Morgan fingerprint density at radius 2 is 1.71 bits per heavy atom. The fourth-order valence-corrected chi connectivity index (χ4v) is 5.22. The molecule has 1 aromatic carbocycles. The van der Waals surface area contributed by atoms with E-state index in [4.69, 9.17) is 0 Å². The number of pyridine rings is 1. The smallest absolute Gasteiger partial charge is 0.277 e. The second-order valence-electron chi connectivity index (χ2n) is 8.99. The molecule has 0 spiro atoms. The van der Waals surface area contributed by atoms with E-state index in [1.807, 2.05) is 22.8 Å². The number of hydrogen-bond acceptors (Lipinski definition) is 3. The molecule has 1 aliphatic heterocycles. The van der Waals surface area contributed by atoms with E-state index in [1.54, 1.807) is 15.9 Å². The summed E-state index contributed by atoms with van der Waals surface area (Å²) in [5.41, 5.74) is 3.85. The first kappa shape index (κ1) is 27.3. The van der Waals surface area contributed by atoms with Crippen molar-refractivity contribution in [3.8, 4) is 0 Å². The van der Waals surface area contributed by atoms with Gasteiger partial charge < -0.3 is 48.4 Å². The molecule has 8 nitrogen and oxygen atoms in total. The van der Waals surface area contributed by atoms with Crippen molar-refractivity contribution in [2.24, 2.45) is 0 Å². The van der Waals surface area contributed by atoms with E-state index in [1.165, 1.54) is 11.8 Å². The van der Waals surface area contributed by atoms with Crippen LogP contribution in [0.1, 0.15) is 24.9 Å². The number of aromatic amines is 1. The first-order valence-electron chi connectivity index (χ1n) is 11.9. The van der Waals surface area contributed by atoms with Crippen LogP contribution in [0.4, 0.5) is 5.69 Å². The molecule has 0 unspecified atom stereocenters. The van der Waals surface area contributed by atoms with Gasteiger partial charge in [0.2, 0.25) is 5.56 Å². The number of hydrogen-bond donors (Lipinski definition) is 3. The molecular weight excluding hydrogens is 576 g/mol. The van der Waals surface area contributed by atoms with Crippen LogP contribution < -0.4 is 54.9 Å². The van der Waals surface area contributed by atoms with Crippen molar-refractivity contribution in [3.63, 3.8) is 0 Å². The second-order valence-corrected chi connectivity index (χ2v) is 8.99. The maximum Gasteiger partial charge on any atom is 0.277 e. The van der Waals surface area contributed by atoms with Gasteiger partial charge in [-0.1, -0.05) is 25.1 Å². The van der Waals surface area contributed by atoms with Crippen LogP contribution in [0.2, 0.25) is 0 Å². The Hall–Kier alpha value is -2.27. The van der Waals surface area contributed by atoms with Crippen LogP contribution in [0.15, 0.2) is 52.1 Å². The molecule has 4 heterocycles. The van der Waals surface area contributed by atoms with Crippen molar-refractivity contribution in [2.75, 3.05) is 32.7 Å². The van der Waals surface area contributed by atoms with Crippen LogP contribution in [-0.2, 0) is 13.0 Å². The topological polar surface area (TPSA) is 81.0 Å². The van der Waals surface area contributed by atoms with E-state index in [0.717, 1.165) is 50.5 Å². The second kappa shape index (κ2) is 11.6. The fourth-order valence-electron chi connectivity index (χ4n) is 5.22. The van der Waals surface area contributed by atoms with Crippen molar-refractivity contribution in [2.45, 2.75) is 33.2 Å². The summed E-state index contributed by atoms with van der Waals surface area (Å²) in [5, 5.41) is 0. The average Bonchev–Trinajstić information content (AvgIpc) is 3.19. The Kier molecular flexibility index (Phi) is 9.09. The molecule has 1 saturated heterocycles. The number of imidazole rings is 1. The third-order valence-corrected chi connectivity index (χ3v) is 6.93. The highest BCUT2D eigenvalue weighted by molar-refractivity contribution is 5.76. The Bertz CT molecular complexity index is 1410. The van der Waals surface area contributed by atoms with Gasteiger partial charge in [-0.15, -0.1) is 0 Å². The average molecular weight is 608 g/mol. The highest BCUT2D eigenvalue weighted by Gasteiger charge is 2.24. The monoisotopic (exact) mass is 606 g/mol. The molecule has 0 amide bonds. The third-order valence-electron chi connectivity index (χ3n) is 6.93. The minimum absolute atomic E-state index is 0. The number of fused-ring (bicyclic) bond motifs is 3. The van der Waals surface area contributed by atoms with E-state index >= 15 is 0 Å². The van der Waals surface area contributed by atoms with E-state index in [-0.39, 0.29) is 45.1 Å². The number of H-pyrrole nitrogens is 1.